The van der Waals surface area contributed by atoms with E-state index in [1.807, 2.05) is 13.0 Å². The molecule has 1 amide bonds. The third-order valence-electron chi connectivity index (χ3n) is 5.82. The van der Waals surface area contributed by atoms with E-state index >= 15 is 0 Å². The first-order chi connectivity index (χ1) is 17.4. The van der Waals surface area contributed by atoms with Crippen LogP contribution in [0.2, 0.25) is 5.02 Å². The zero-order chi connectivity index (χ0) is 25.2. The Hall–Kier alpha value is -3.62. The van der Waals surface area contributed by atoms with Crippen molar-refractivity contribution in [2.75, 3.05) is 10.6 Å². The summed E-state index contributed by atoms with van der Waals surface area (Å²) in [5, 5.41) is 12.1. The van der Waals surface area contributed by atoms with Crippen molar-refractivity contribution in [3.63, 3.8) is 0 Å². The van der Waals surface area contributed by atoms with Crippen LogP contribution in [-0.2, 0) is 10.5 Å². The van der Waals surface area contributed by atoms with Gasteiger partial charge in [-0.1, -0.05) is 65.3 Å². The standard InChI is InChI=1S/C27H23ClFN5OS/c1-16-4-3-5-18(14-16)15-36-27-32-26-30-17(2)23(25(35)31-22-12-8-20(28)9-13-22)24(34(26)33-27)19-6-10-21(29)11-7-19/h3-14,24H,15H2,1-2H3,(H,31,35)(H,30,32,33). The van der Waals surface area contributed by atoms with Gasteiger partial charge in [0.15, 0.2) is 0 Å². The van der Waals surface area contributed by atoms with E-state index in [9.17, 15) is 9.18 Å². The minimum Gasteiger partial charge on any atom is -0.328 e. The van der Waals surface area contributed by atoms with Crippen molar-refractivity contribution < 1.29 is 9.18 Å². The molecule has 0 bridgehead atoms. The van der Waals surface area contributed by atoms with E-state index in [1.165, 1.54) is 35.0 Å². The van der Waals surface area contributed by atoms with E-state index in [-0.39, 0.29) is 11.7 Å². The Morgan fingerprint density at radius 3 is 2.58 bits per heavy atom. The van der Waals surface area contributed by atoms with Crippen LogP contribution in [0, 0.1) is 12.7 Å². The molecule has 0 fully saturated rings. The first kappa shape index (κ1) is 24.1. The highest BCUT2D eigenvalue weighted by Crippen LogP contribution is 2.37. The van der Waals surface area contributed by atoms with Crippen molar-refractivity contribution in [1.82, 2.24) is 14.8 Å². The predicted octanol–water partition coefficient (Wildman–Crippen LogP) is 6.60. The summed E-state index contributed by atoms with van der Waals surface area (Å²) < 4.78 is 15.4. The van der Waals surface area contributed by atoms with Crippen molar-refractivity contribution in [1.29, 1.82) is 0 Å². The predicted molar refractivity (Wildman–Crippen MR) is 142 cm³/mol. The van der Waals surface area contributed by atoms with Crippen LogP contribution in [0.25, 0.3) is 0 Å². The number of carbonyl (C=O) groups is 1. The van der Waals surface area contributed by atoms with E-state index in [0.29, 0.717) is 38.8 Å². The zero-order valence-electron chi connectivity index (χ0n) is 19.6. The summed E-state index contributed by atoms with van der Waals surface area (Å²) in [7, 11) is 0. The summed E-state index contributed by atoms with van der Waals surface area (Å²) in [5.74, 6) is 0.583. The molecule has 1 aliphatic rings. The first-order valence-corrected chi connectivity index (χ1v) is 12.7. The molecule has 5 rings (SSSR count). The average Bonchev–Trinajstić information content (AvgIpc) is 3.26. The summed E-state index contributed by atoms with van der Waals surface area (Å²) in [4.78, 5) is 18.2. The highest BCUT2D eigenvalue weighted by molar-refractivity contribution is 7.98. The van der Waals surface area contributed by atoms with Crippen LogP contribution >= 0.6 is 23.4 Å². The summed E-state index contributed by atoms with van der Waals surface area (Å²) in [6.07, 6.45) is 0. The van der Waals surface area contributed by atoms with E-state index in [2.05, 4.69) is 40.7 Å². The molecule has 1 aliphatic heterocycles. The highest BCUT2D eigenvalue weighted by atomic mass is 35.5. The van der Waals surface area contributed by atoms with Crippen LogP contribution in [-0.4, -0.2) is 20.7 Å². The summed E-state index contributed by atoms with van der Waals surface area (Å²) >= 11 is 7.50. The molecule has 36 heavy (non-hydrogen) atoms. The number of allylic oxidation sites excluding steroid dienone is 1. The average molecular weight is 520 g/mol. The molecule has 182 valence electrons. The number of aromatic nitrogens is 3. The summed E-state index contributed by atoms with van der Waals surface area (Å²) in [6.45, 7) is 3.88. The number of nitrogens with zero attached hydrogens (tertiary/aromatic N) is 3. The molecule has 6 nitrogen and oxygen atoms in total. The number of fused-ring (bicyclic) bond motifs is 1. The monoisotopic (exact) mass is 519 g/mol. The lowest BCUT2D eigenvalue weighted by atomic mass is 9.95. The van der Waals surface area contributed by atoms with Gasteiger partial charge < -0.3 is 10.6 Å². The van der Waals surface area contributed by atoms with Gasteiger partial charge in [-0.15, -0.1) is 5.10 Å². The van der Waals surface area contributed by atoms with Crippen LogP contribution in [0.4, 0.5) is 16.0 Å². The number of hydrogen-bond donors (Lipinski definition) is 2. The van der Waals surface area contributed by atoms with Gasteiger partial charge >= 0.3 is 0 Å². The Morgan fingerprint density at radius 1 is 1.11 bits per heavy atom. The number of nitrogens with one attached hydrogen (secondary N) is 2. The maximum Gasteiger partial charge on any atom is 0.255 e. The van der Waals surface area contributed by atoms with Gasteiger partial charge in [-0.2, -0.15) is 4.98 Å². The lowest BCUT2D eigenvalue weighted by Crippen LogP contribution is -2.31. The van der Waals surface area contributed by atoms with Gasteiger partial charge in [0.05, 0.1) is 5.57 Å². The van der Waals surface area contributed by atoms with Gasteiger partial charge in [-0.3, -0.25) is 4.79 Å². The second kappa shape index (κ2) is 10.2. The molecule has 3 aromatic carbocycles. The normalized spacial score (nSPS) is 14.8. The lowest BCUT2D eigenvalue weighted by Gasteiger charge is -2.28. The maximum absolute atomic E-state index is 13.7. The smallest absolute Gasteiger partial charge is 0.255 e. The third-order valence-corrected chi connectivity index (χ3v) is 6.98. The number of benzene rings is 3. The molecule has 0 saturated heterocycles. The van der Waals surface area contributed by atoms with Gasteiger partial charge in [0.1, 0.15) is 11.9 Å². The lowest BCUT2D eigenvalue weighted by molar-refractivity contribution is -0.113. The molecule has 2 N–H and O–H groups in total. The Balaban J connectivity index is 1.48. The number of rotatable bonds is 6. The fourth-order valence-electron chi connectivity index (χ4n) is 4.12. The molecule has 0 spiro atoms. The fraction of sp³-hybridized carbons (Fsp3) is 0.148. The summed E-state index contributed by atoms with van der Waals surface area (Å²) in [6, 6.07) is 20.7. The molecule has 0 aliphatic carbocycles. The minimum absolute atomic E-state index is 0.299. The van der Waals surface area contributed by atoms with E-state index in [1.54, 1.807) is 41.1 Å². The Bertz CT molecular complexity index is 1450. The Morgan fingerprint density at radius 2 is 1.86 bits per heavy atom. The van der Waals surface area contributed by atoms with E-state index < -0.39 is 6.04 Å². The SMILES string of the molecule is CC1=C(C(=O)Nc2ccc(Cl)cc2)C(c2ccc(F)cc2)n2nc(SCc3cccc(C)c3)nc2N1. The molecule has 4 aromatic rings. The molecular formula is C27H23ClFN5OS. The molecule has 9 heteroatoms. The number of amides is 1. The highest BCUT2D eigenvalue weighted by Gasteiger charge is 2.34. The second-order valence-electron chi connectivity index (χ2n) is 8.52. The number of carbonyl (C=O) groups excluding carboxylic acids is 1. The van der Waals surface area contributed by atoms with Crippen LogP contribution in [0.5, 0.6) is 0 Å². The van der Waals surface area contributed by atoms with Gasteiger partial charge in [0.2, 0.25) is 11.1 Å². The third kappa shape index (κ3) is 5.15. The molecule has 0 saturated carbocycles. The summed E-state index contributed by atoms with van der Waals surface area (Å²) in [5.41, 5.74) is 4.81. The molecule has 0 radical (unpaired) electrons. The quantitative estimate of drug-likeness (QED) is 0.281. The van der Waals surface area contributed by atoms with E-state index in [0.717, 1.165) is 5.56 Å². The van der Waals surface area contributed by atoms with Crippen LogP contribution in [0.1, 0.15) is 29.7 Å². The molecule has 1 aromatic heterocycles. The van der Waals surface area contributed by atoms with Crippen molar-refractivity contribution in [2.24, 2.45) is 0 Å². The van der Waals surface area contributed by atoms with E-state index in [4.69, 9.17) is 16.7 Å². The van der Waals surface area contributed by atoms with Crippen molar-refractivity contribution in [3.05, 3.63) is 112 Å². The number of anilines is 2. The topological polar surface area (TPSA) is 71.8 Å². The minimum atomic E-state index is -0.588. The van der Waals surface area contributed by atoms with Crippen LogP contribution in [0.15, 0.2) is 89.2 Å². The molecule has 2 heterocycles. The van der Waals surface area contributed by atoms with Gasteiger partial charge in [-0.05, 0) is 61.4 Å². The van der Waals surface area contributed by atoms with Crippen LogP contribution in [0.3, 0.4) is 0 Å². The van der Waals surface area contributed by atoms with Crippen molar-refractivity contribution in [3.8, 4) is 0 Å². The first-order valence-electron chi connectivity index (χ1n) is 11.3. The number of thioether (sulfide) groups is 1. The number of halogens is 2. The number of hydrogen-bond acceptors (Lipinski definition) is 5. The van der Waals surface area contributed by atoms with Crippen molar-refractivity contribution >= 4 is 40.9 Å². The zero-order valence-corrected chi connectivity index (χ0v) is 21.2. The molecule has 1 atom stereocenters. The molecular weight excluding hydrogens is 497 g/mol. The fourth-order valence-corrected chi connectivity index (χ4v) is 5.02. The van der Waals surface area contributed by atoms with Crippen molar-refractivity contribution in [2.45, 2.75) is 30.8 Å². The maximum atomic E-state index is 13.7. The van der Waals surface area contributed by atoms with Gasteiger partial charge in [0.25, 0.3) is 5.91 Å². The number of aryl methyl sites for hydroxylation is 1. The van der Waals surface area contributed by atoms with Gasteiger partial charge in [-0.25, -0.2) is 9.07 Å². The second-order valence-corrected chi connectivity index (χ2v) is 9.90. The van der Waals surface area contributed by atoms with Crippen LogP contribution < -0.4 is 10.6 Å². The molecule has 1 unspecified atom stereocenters. The largest absolute Gasteiger partial charge is 0.328 e. The Kier molecular flexibility index (Phi) is 6.80. The Labute approximate surface area is 217 Å². The van der Waals surface area contributed by atoms with Gasteiger partial charge in [0, 0.05) is 22.2 Å².